The van der Waals surface area contributed by atoms with Gasteiger partial charge in [0.15, 0.2) is 0 Å². The van der Waals surface area contributed by atoms with E-state index in [1.165, 1.54) is 0 Å². The largest absolute Gasteiger partial charge is 0.348 e. The Morgan fingerprint density at radius 2 is 2.24 bits per heavy atom. The molecule has 1 atom stereocenters. The quantitative estimate of drug-likeness (QED) is 0.461. The van der Waals surface area contributed by atoms with Crippen molar-refractivity contribution in [2.45, 2.75) is 32.7 Å². The highest BCUT2D eigenvalue weighted by Gasteiger charge is 2.31. The second-order valence-corrected chi connectivity index (χ2v) is 4.53. The zero-order valence-corrected chi connectivity index (χ0v) is 10.4. The molecule has 0 aliphatic carbocycles. The topological polar surface area (TPSA) is 72.2 Å². The van der Waals surface area contributed by atoms with Gasteiger partial charge in [-0.2, -0.15) is 4.98 Å². The van der Waals surface area contributed by atoms with Crippen LogP contribution in [0, 0.1) is 17.0 Å². The molecule has 1 aliphatic rings. The maximum atomic E-state index is 11.1. The van der Waals surface area contributed by atoms with Gasteiger partial charge in [0.05, 0.1) is 4.92 Å². The normalized spacial score (nSPS) is 19.7. The van der Waals surface area contributed by atoms with Crippen LogP contribution in [0.4, 0.5) is 11.5 Å². The summed E-state index contributed by atoms with van der Waals surface area (Å²) >= 11 is 5.78. The van der Waals surface area contributed by atoms with Crippen molar-refractivity contribution in [3.8, 4) is 0 Å². The molecular weight excluding hydrogens is 244 g/mol. The molecule has 1 aromatic rings. The highest BCUT2D eigenvalue weighted by Crippen LogP contribution is 2.34. The summed E-state index contributed by atoms with van der Waals surface area (Å²) < 4.78 is 0. The van der Waals surface area contributed by atoms with Crippen molar-refractivity contribution in [3.05, 3.63) is 21.1 Å². The van der Waals surface area contributed by atoms with Crippen LogP contribution in [0.3, 0.4) is 0 Å². The summed E-state index contributed by atoms with van der Waals surface area (Å²) in [6.45, 7) is 4.38. The third-order valence-electron chi connectivity index (χ3n) is 3.02. The van der Waals surface area contributed by atoms with Crippen molar-refractivity contribution in [1.82, 2.24) is 9.97 Å². The number of nitrogens with zero attached hydrogens (tertiary/aromatic N) is 4. The number of hydrogen-bond donors (Lipinski definition) is 0. The number of anilines is 1. The monoisotopic (exact) mass is 256 g/mol. The number of rotatable bonds is 2. The van der Waals surface area contributed by atoms with Crippen LogP contribution in [0.2, 0.25) is 5.28 Å². The minimum absolute atomic E-state index is 0.0387. The Labute approximate surface area is 104 Å². The molecule has 6 nitrogen and oxygen atoms in total. The molecule has 92 valence electrons. The standard InChI is InChI=1S/C10H13ClN4O2/c1-6-4-3-5-14(6)9-8(15(16)17)7(2)12-10(11)13-9/h6H,3-5H2,1-2H3. The van der Waals surface area contributed by atoms with Gasteiger partial charge in [-0.3, -0.25) is 10.1 Å². The second kappa shape index (κ2) is 4.44. The molecule has 0 saturated carbocycles. The van der Waals surface area contributed by atoms with E-state index in [-0.39, 0.29) is 17.0 Å². The minimum Gasteiger partial charge on any atom is -0.348 e. The van der Waals surface area contributed by atoms with Gasteiger partial charge in [0, 0.05) is 12.6 Å². The molecule has 0 amide bonds. The average Bonchev–Trinajstić information content (AvgIpc) is 2.62. The molecule has 0 N–H and O–H groups in total. The van der Waals surface area contributed by atoms with Crippen molar-refractivity contribution in [1.29, 1.82) is 0 Å². The third kappa shape index (κ3) is 2.17. The molecule has 0 radical (unpaired) electrons. The average molecular weight is 257 g/mol. The van der Waals surface area contributed by atoms with Gasteiger partial charge in [-0.25, -0.2) is 4.98 Å². The van der Waals surface area contributed by atoms with Gasteiger partial charge in [0.1, 0.15) is 5.69 Å². The maximum absolute atomic E-state index is 11.1. The first-order valence-corrected chi connectivity index (χ1v) is 5.83. The van der Waals surface area contributed by atoms with E-state index in [1.807, 2.05) is 11.8 Å². The summed E-state index contributed by atoms with van der Waals surface area (Å²) in [5.41, 5.74) is 0.271. The van der Waals surface area contributed by atoms with E-state index in [9.17, 15) is 10.1 Å². The Balaban J connectivity index is 2.54. The Bertz CT molecular complexity index is 466. The van der Waals surface area contributed by atoms with Crippen molar-refractivity contribution < 1.29 is 4.92 Å². The first-order valence-electron chi connectivity index (χ1n) is 5.46. The van der Waals surface area contributed by atoms with Crippen molar-refractivity contribution in [3.63, 3.8) is 0 Å². The van der Waals surface area contributed by atoms with Gasteiger partial charge in [-0.1, -0.05) is 0 Å². The molecule has 0 bridgehead atoms. The minimum atomic E-state index is -0.438. The fraction of sp³-hybridized carbons (Fsp3) is 0.600. The first-order chi connectivity index (χ1) is 8.00. The Morgan fingerprint density at radius 1 is 1.53 bits per heavy atom. The lowest BCUT2D eigenvalue weighted by Crippen LogP contribution is -2.28. The van der Waals surface area contributed by atoms with E-state index in [2.05, 4.69) is 9.97 Å². The number of halogens is 1. The maximum Gasteiger partial charge on any atom is 0.332 e. The molecule has 0 spiro atoms. The molecular formula is C10H13ClN4O2. The van der Waals surface area contributed by atoms with Crippen LogP contribution in [0.25, 0.3) is 0 Å². The molecule has 0 aromatic carbocycles. The molecule has 2 heterocycles. The summed E-state index contributed by atoms with van der Waals surface area (Å²) in [4.78, 5) is 20.4. The Kier molecular flexibility index (Phi) is 3.15. The predicted octanol–water partition coefficient (Wildman–Crippen LogP) is 2.34. The number of aromatic nitrogens is 2. The van der Waals surface area contributed by atoms with Crippen LogP contribution >= 0.6 is 11.6 Å². The highest BCUT2D eigenvalue weighted by atomic mass is 35.5. The van der Waals surface area contributed by atoms with E-state index >= 15 is 0 Å². The summed E-state index contributed by atoms with van der Waals surface area (Å²) in [5.74, 6) is 0.345. The van der Waals surface area contributed by atoms with Gasteiger partial charge in [0.25, 0.3) is 0 Å². The van der Waals surface area contributed by atoms with Gasteiger partial charge >= 0.3 is 5.69 Å². The van der Waals surface area contributed by atoms with E-state index in [1.54, 1.807) is 6.92 Å². The molecule has 7 heteroatoms. The predicted molar refractivity (Wildman–Crippen MR) is 64.5 cm³/mol. The summed E-state index contributed by atoms with van der Waals surface area (Å²) in [5, 5.41) is 11.1. The summed E-state index contributed by atoms with van der Waals surface area (Å²) in [6.07, 6.45) is 2.02. The molecule has 2 rings (SSSR count). The van der Waals surface area contributed by atoms with Crippen LogP contribution in [-0.4, -0.2) is 27.5 Å². The lowest BCUT2D eigenvalue weighted by Gasteiger charge is -2.22. The van der Waals surface area contributed by atoms with Gasteiger partial charge in [-0.15, -0.1) is 0 Å². The van der Waals surface area contributed by atoms with Crippen molar-refractivity contribution in [2.24, 2.45) is 0 Å². The van der Waals surface area contributed by atoms with Gasteiger partial charge in [-0.05, 0) is 38.3 Å². The van der Waals surface area contributed by atoms with E-state index < -0.39 is 4.92 Å². The van der Waals surface area contributed by atoms with E-state index in [0.29, 0.717) is 11.5 Å². The van der Waals surface area contributed by atoms with Gasteiger partial charge in [0.2, 0.25) is 11.1 Å². The molecule has 1 aromatic heterocycles. The van der Waals surface area contributed by atoms with Gasteiger partial charge < -0.3 is 4.90 Å². The van der Waals surface area contributed by atoms with Crippen LogP contribution < -0.4 is 4.90 Å². The molecule has 1 unspecified atom stereocenters. The lowest BCUT2D eigenvalue weighted by atomic mass is 10.2. The highest BCUT2D eigenvalue weighted by molar-refractivity contribution is 6.28. The molecule has 1 saturated heterocycles. The summed E-state index contributed by atoms with van der Waals surface area (Å²) in [7, 11) is 0. The number of hydrogen-bond acceptors (Lipinski definition) is 5. The smallest absolute Gasteiger partial charge is 0.332 e. The van der Waals surface area contributed by atoms with E-state index in [4.69, 9.17) is 11.6 Å². The third-order valence-corrected chi connectivity index (χ3v) is 3.19. The van der Waals surface area contributed by atoms with Crippen LogP contribution in [-0.2, 0) is 0 Å². The zero-order chi connectivity index (χ0) is 12.6. The number of nitro groups is 1. The molecule has 1 fully saturated rings. The fourth-order valence-corrected chi connectivity index (χ4v) is 2.39. The van der Waals surface area contributed by atoms with Crippen molar-refractivity contribution in [2.75, 3.05) is 11.4 Å². The van der Waals surface area contributed by atoms with Crippen LogP contribution in [0.1, 0.15) is 25.5 Å². The van der Waals surface area contributed by atoms with Crippen LogP contribution in [0.5, 0.6) is 0 Å². The Morgan fingerprint density at radius 3 is 2.76 bits per heavy atom. The zero-order valence-electron chi connectivity index (χ0n) is 9.68. The molecule has 1 aliphatic heterocycles. The van der Waals surface area contributed by atoms with E-state index in [0.717, 1.165) is 19.4 Å². The fourth-order valence-electron chi connectivity index (χ4n) is 2.18. The number of aryl methyl sites for hydroxylation is 1. The Hall–Kier alpha value is -1.43. The SMILES string of the molecule is Cc1nc(Cl)nc(N2CCCC2C)c1[N+](=O)[O-]. The second-order valence-electron chi connectivity index (χ2n) is 4.19. The van der Waals surface area contributed by atoms with Crippen LogP contribution in [0.15, 0.2) is 0 Å². The first kappa shape index (κ1) is 12.0. The lowest BCUT2D eigenvalue weighted by molar-refractivity contribution is -0.385. The summed E-state index contributed by atoms with van der Waals surface area (Å²) in [6, 6.07) is 0.249. The van der Waals surface area contributed by atoms with Crippen molar-refractivity contribution >= 4 is 23.1 Å². The molecule has 17 heavy (non-hydrogen) atoms.